The van der Waals surface area contributed by atoms with Crippen molar-refractivity contribution in [2.24, 2.45) is 0 Å². The Labute approximate surface area is 145 Å². The van der Waals surface area contributed by atoms with E-state index in [2.05, 4.69) is 17.2 Å². The summed E-state index contributed by atoms with van der Waals surface area (Å²) in [5.74, 6) is 0.477. The van der Waals surface area contributed by atoms with Crippen molar-refractivity contribution in [2.45, 2.75) is 27.2 Å². The quantitative estimate of drug-likeness (QED) is 0.606. The zero-order valence-electron chi connectivity index (χ0n) is 14.0. The second kappa shape index (κ2) is 8.40. The van der Waals surface area contributed by atoms with Crippen molar-refractivity contribution < 1.29 is 14.3 Å². The van der Waals surface area contributed by atoms with Gasteiger partial charge in [0.2, 0.25) is 5.91 Å². The molecule has 0 saturated heterocycles. The van der Waals surface area contributed by atoms with Crippen molar-refractivity contribution in [3.8, 4) is 5.75 Å². The summed E-state index contributed by atoms with van der Waals surface area (Å²) in [6.07, 6.45) is 4.11. The maximum absolute atomic E-state index is 11.9. The molecule has 1 N–H and O–H groups in total. The monoisotopic (exact) mass is 344 g/mol. The average Bonchev–Trinajstić information content (AvgIpc) is 2.92. The van der Waals surface area contributed by atoms with Crippen LogP contribution in [0.25, 0.3) is 6.08 Å². The number of aromatic nitrogens is 1. The number of hydrogen-bond acceptors (Lipinski definition) is 5. The molecule has 0 atom stereocenters. The molecule has 1 aromatic carbocycles. The predicted molar refractivity (Wildman–Crippen MR) is 96.7 cm³/mol. The van der Waals surface area contributed by atoms with Crippen LogP contribution in [-0.2, 0) is 4.79 Å². The number of hydrogen-bond donors (Lipinski definition) is 1. The second-order valence-corrected chi connectivity index (χ2v) is 6.23. The van der Waals surface area contributed by atoms with Crippen molar-refractivity contribution in [1.82, 2.24) is 4.98 Å². The summed E-state index contributed by atoms with van der Waals surface area (Å²) in [5.41, 5.74) is 1.53. The minimum absolute atomic E-state index is 0.0496. The fraction of sp³-hybridized carbons (Fsp3) is 0.278. The maximum atomic E-state index is 11.9. The number of anilines is 1. The van der Waals surface area contributed by atoms with Gasteiger partial charge in [-0.2, -0.15) is 0 Å². The molecule has 0 fully saturated rings. The van der Waals surface area contributed by atoms with Gasteiger partial charge in [0, 0.05) is 13.0 Å². The number of ketones is 1. The Bertz CT molecular complexity index is 748. The maximum Gasteiger partial charge on any atom is 0.250 e. The first-order chi connectivity index (χ1) is 11.5. The summed E-state index contributed by atoms with van der Waals surface area (Å²) in [7, 11) is 0. The van der Waals surface area contributed by atoms with E-state index in [-0.39, 0.29) is 11.7 Å². The lowest BCUT2D eigenvalue weighted by molar-refractivity contribution is -0.111. The lowest BCUT2D eigenvalue weighted by Crippen LogP contribution is -2.07. The molecule has 2 aromatic rings. The van der Waals surface area contributed by atoms with E-state index >= 15 is 0 Å². The molecular weight excluding hydrogens is 324 g/mol. The van der Waals surface area contributed by atoms with Crippen LogP contribution in [0.4, 0.5) is 5.13 Å². The highest BCUT2D eigenvalue weighted by Crippen LogP contribution is 2.23. The van der Waals surface area contributed by atoms with Crippen LogP contribution in [0, 0.1) is 6.92 Å². The Morgan fingerprint density at radius 3 is 2.58 bits per heavy atom. The number of aryl methyl sites for hydroxylation is 1. The Hall–Kier alpha value is -2.47. The zero-order chi connectivity index (χ0) is 17.5. The standard InChI is InChI=1S/C18H20N2O3S/c1-4-11-23-15-8-5-14(6-9-15)7-10-16(22)20-18-19-12(2)17(24-18)13(3)21/h5-10H,4,11H2,1-3H3,(H,19,20,22). The molecule has 1 aromatic heterocycles. The van der Waals surface area contributed by atoms with Gasteiger partial charge in [-0.25, -0.2) is 4.98 Å². The van der Waals surface area contributed by atoms with Gasteiger partial charge in [-0.3, -0.25) is 14.9 Å². The number of benzene rings is 1. The highest BCUT2D eigenvalue weighted by atomic mass is 32.1. The minimum Gasteiger partial charge on any atom is -0.494 e. The highest BCUT2D eigenvalue weighted by molar-refractivity contribution is 7.17. The van der Waals surface area contributed by atoms with Gasteiger partial charge in [-0.15, -0.1) is 0 Å². The first-order valence-corrected chi connectivity index (χ1v) is 8.51. The molecule has 0 aliphatic carbocycles. The summed E-state index contributed by atoms with van der Waals surface area (Å²) in [4.78, 5) is 28.1. The largest absolute Gasteiger partial charge is 0.494 e. The Balaban J connectivity index is 1.95. The number of nitrogens with one attached hydrogen (secondary N) is 1. The van der Waals surface area contributed by atoms with Crippen molar-refractivity contribution in [3.05, 3.63) is 46.5 Å². The van der Waals surface area contributed by atoms with Crippen LogP contribution in [-0.4, -0.2) is 23.3 Å². The lowest BCUT2D eigenvalue weighted by Gasteiger charge is -2.03. The Morgan fingerprint density at radius 2 is 2.00 bits per heavy atom. The molecular formula is C18H20N2O3S. The SMILES string of the molecule is CCCOc1ccc(C=CC(=O)Nc2nc(C)c(C(C)=O)s2)cc1. The molecule has 2 rings (SSSR count). The smallest absolute Gasteiger partial charge is 0.250 e. The molecule has 0 aliphatic rings. The third kappa shape index (κ3) is 5.03. The third-order valence-corrected chi connectivity index (χ3v) is 4.30. The van der Waals surface area contributed by atoms with E-state index in [1.807, 2.05) is 24.3 Å². The van der Waals surface area contributed by atoms with Crippen LogP contribution in [0.1, 0.15) is 41.2 Å². The first-order valence-electron chi connectivity index (χ1n) is 7.70. The lowest BCUT2D eigenvalue weighted by atomic mass is 10.2. The highest BCUT2D eigenvalue weighted by Gasteiger charge is 2.12. The minimum atomic E-state index is -0.287. The fourth-order valence-electron chi connectivity index (χ4n) is 1.99. The number of rotatable bonds is 7. The summed E-state index contributed by atoms with van der Waals surface area (Å²) >= 11 is 1.18. The van der Waals surface area contributed by atoms with Gasteiger partial charge < -0.3 is 4.74 Å². The third-order valence-electron chi connectivity index (χ3n) is 3.13. The summed E-state index contributed by atoms with van der Waals surface area (Å²) in [6, 6.07) is 7.51. The number of carbonyl (C=O) groups excluding carboxylic acids is 2. The summed E-state index contributed by atoms with van der Waals surface area (Å²) in [5, 5.41) is 3.10. The topological polar surface area (TPSA) is 68.3 Å². The average molecular weight is 344 g/mol. The Morgan fingerprint density at radius 1 is 1.29 bits per heavy atom. The molecule has 0 unspecified atom stereocenters. The molecule has 1 heterocycles. The van der Waals surface area contributed by atoms with Gasteiger partial charge in [0.15, 0.2) is 10.9 Å². The number of thiazole rings is 1. The van der Waals surface area contributed by atoms with Crippen molar-refractivity contribution in [2.75, 3.05) is 11.9 Å². The van der Waals surface area contributed by atoms with E-state index in [1.165, 1.54) is 24.3 Å². The van der Waals surface area contributed by atoms with Gasteiger partial charge in [0.25, 0.3) is 0 Å². The molecule has 5 nitrogen and oxygen atoms in total. The van der Waals surface area contributed by atoms with Crippen LogP contribution < -0.4 is 10.1 Å². The molecule has 6 heteroatoms. The van der Waals surface area contributed by atoms with E-state index in [9.17, 15) is 9.59 Å². The predicted octanol–water partition coefficient (Wildman–Crippen LogP) is 4.09. The number of nitrogens with zero attached hydrogens (tertiary/aromatic N) is 1. The summed E-state index contributed by atoms with van der Waals surface area (Å²) in [6.45, 7) is 5.98. The second-order valence-electron chi connectivity index (χ2n) is 5.23. The first kappa shape index (κ1) is 17.9. The van der Waals surface area contributed by atoms with Crippen LogP contribution in [0.2, 0.25) is 0 Å². The van der Waals surface area contributed by atoms with E-state index < -0.39 is 0 Å². The van der Waals surface area contributed by atoms with Crippen LogP contribution in [0.3, 0.4) is 0 Å². The van der Waals surface area contributed by atoms with Gasteiger partial charge >= 0.3 is 0 Å². The van der Waals surface area contributed by atoms with Crippen LogP contribution in [0.5, 0.6) is 5.75 Å². The van der Waals surface area contributed by atoms with Crippen molar-refractivity contribution in [3.63, 3.8) is 0 Å². The van der Waals surface area contributed by atoms with E-state index in [1.54, 1.807) is 13.0 Å². The fourth-order valence-corrected chi connectivity index (χ4v) is 2.86. The molecule has 1 amide bonds. The molecule has 0 aliphatic heterocycles. The summed E-state index contributed by atoms with van der Waals surface area (Å²) < 4.78 is 5.51. The molecule has 0 spiro atoms. The van der Waals surface area contributed by atoms with Gasteiger partial charge in [-0.1, -0.05) is 30.4 Å². The van der Waals surface area contributed by atoms with Crippen LogP contribution >= 0.6 is 11.3 Å². The number of ether oxygens (including phenoxy) is 1. The zero-order valence-corrected chi connectivity index (χ0v) is 14.8. The van der Waals surface area contributed by atoms with Gasteiger partial charge in [0.1, 0.15) is 5.75 Å². The van der Waals surface area contributed by atoms with Gasteiger partial charge in [-0.05, 0) is 37.1 Å². The van der Waals surface area contributed by atoms with Crippen molar-refractivity contribution in [1.29, 1.82) is 0 Å². The molecule has 0 radical (unpaired) electrons. The van der Waals surface area contributed by atoms with E-state index in [0.29, 0.717) is 22.3 Å². The molecule has 126 valence electrons. The Kier molecular flexibility index (Phi) is 6.26. The van der Waals surface area contributed by atoms with Crippen LogP contribution in [0.15, 0.2) is 30.3 Å². The number of carbonyl (C=O) groups is 2. The molecule has 24 heavy (non-hydrogen) atoms. The normalized spacial score (nSPS) is 10.8. The number of amides is 1. The van der Waals surface area contributed by atoms with Gasteiger partial charge in [0.05, 0.1) is 17.2 Å². The van der Waals surface area contributed by atoms with E-state index in [0.717, 1.165) is 17.7 Å². The van der Waals surface area contributed by atoms with Crippen molar-refractivity contribution >= 4 is 34.2 Å². The molecule has 0 bridgehead atoms. The number of Topliss-reactive ketones (excluding diaryl/α,β-unsaturated/α-hetero) is 1. The molecule has 0 saturated carbocycles. The van der Waals surface area contributed by atoms with E-state index in [4.69, 9.17) is 4.74 Å².